The highest BCUT2D eigenvalue weighted by Gasteiger charge is 2.32. The molecular formula is C14H21NO3. The van der Waals surface area contributed by atoms with Crippen LogP contribution in [0.15, 0.2) is 24.3 Å². The lowest BCUT2D eigenvalue weighted by atomic mass is 10.1. The maximum atomic E-state index is 9.46. The van der Waals surface area contributed by atoms with Gasteiger partial charge in [-0.15, -0.1) is 0 Å². The first kappa shape index (κ1) is 13.2. The molecule has 100 valence electrons. The number of hydrogen-bond donors (Lipinski definition) is 2. The van der Waals surface area contributed by atoms with E-state index in [1.54, 1.807) is 7.11 Å². The molecule has 1 aliphatic carbocycles. The molecule has 2 rings (SSSR count). The molecule has 0 amide bonds. The third kappa shape index (κ3) is 3.62. The van der Waals surface area contributed by atoms with Gasteiger partial charge in [0.25, 0.3) is 0 Å². The molecule has 1 fully saturated rings. The Morgan fingerprint density at radius 2 is 1.89 bits per heavy atom. The van der Waals surface area contributed by atoms with Gasteiger partial charge in [-0.05, 0) is 44.0 Å². The van der Waals surface area contributed by atoms with Crippen LogP contribution in [0, 0.1) is 0 Å². The number of methoxy groups -OCH3 is 1. The second-order valence-electron chi connectivity index (χ2n) is 5.10. The Balaban J connectivity index is 1.87. The summed E-state index contributed by atoms with van der Waals surface area (Å²) in [5.74, 6) is 1.59. The Bertz CT molecular complexity index is 375. The fraction of sp³-hybridized carbons (Fsp3) is 0.571. The van der Waals surface area contributed by atoms with Crippen LogP contribution >= 0.6 is 0 Å². The van der Waals surface area contributed by atoms with Crippen LogP contribution in [-0.2, 0) is 0 Å². The minimum Gasteiger partial charge on any atom is -0.497 e. The highest BCUT2D eigenvalue weighted by atomic mass is 16.5. The summed E-state index contributed by atoms with van der Waals surface area (Å²) in [5.41, 5.74) is -0.374. The predicted molar refractivity (Wildman–Crippen MR) is 70.1 cm³/mol. The van der Waals surface area contributed by atoms with Crippen molar-refractivity contribution in [2.75, 3.05) is 20.3 Å². The summed E-state index contributed by atoms with van der Waals surface area (Å²) in [7, 11) is 1.64. The van der Waals surface area contributed by atoms with Crippen LogP contribution in [0.1, 0.15) is 19.8 Å². The van der Waals surface area contributed by atoms with Gasteiger partial charge in [0.05, 0.1) is 19.3 Å². The van der Waals surface area contributed by atoms with Crippen molar-refractivity contribution in [2.24, 2.45) is 0 Å². The molecule has 1 saturated carbocycles. The van der Waals surface area contributed by atoms with Crippen molar-refractivity contribution in [3.05, 3.63) is 24.3 Å². The maximum absolute atomic E-state index is 9.46. The molecule has 4 heteroatoms. The minimum atomic E-state index is -0.374. The van der Waals surface area contributed by atoms with Crippen LogP contribution < -0.4 is 14.8 Å². The van der Waals surface area contributed by atoms with Gasteiger partial charge in [-0.2, -0.15) is 0 Å². The standard InChI is InChI=1S/C14H21NO3/c1-14(9-16,15-11-3-4-11)10-18-13-7-5-12(17-2)6-8-13/h5-8,11,15-16H,3-4,9-10H2,1-2H3. The Labute approximate surface area is 108 Å². The second-order valence-corrected chi connectivity index (χ2v) is 5.10. The number of benzene rings is 1. The summed E-state index contributed by atoms with van der Waals surface area (Å²) < 4.78 is 10.8. The number of ether oxygens (including phenoxy) is 2. The third-order valence-electron chi connectivity index (χ3n) is 3.10. The second kappa shape index (κ2) is 5.59. The van der Waals surface area contributed by atoms with E-state index in [-0.39, 0.29) is 12.1 Å². The Kier molecular flexibility index (Phi) is 4.09. The number of aliphatic hydroxyl groups is 1. The van der Waals surface area contributed by atoms with E-state index < -0.39 is 0 Å². The van der Waals surface area contributed by atoms with Gasteiger partial charge < -0.3 is 19.9 Å². The van der Waals surface area contributed by atoms with Crippen molar-refractivity contribution < 1.29 is 14.6 Å². The summed E-state index contributed by atoms with van der Waals surface area (Å²) in [6.07, 6.45) is 2.39. The number of hydrogen-bond acceptors (Lipinski definition) is 4. The highest BCUT2D eigenvalue weighted by Crippen LogP contribution is 2.23. The molecule has 1 aromatic carbocycles. The third-order valence-corrected chi connectivity index (χ3v) is 3.10. The van der Waals surface area contributed by atoms with Crippen molar-refractivity contribution in [3.8, 4) is 11.5 Å². The number of nitrogens with one attached hydrogen (secondary N) is 1. The van der Waals surface area contributed by atoms with Crippen molar-refractivity contribution in [3.63, 3.8) is 0 Å². The molecule has 0 heterocycles. The predicted octanol–water partition coefficient (Wildman–Crippen LogP) is 1.58. The fourth-order valence-corrected chi connectivity index (χ4v) is 1.77. The van der Waals surface area contributed by atoms with Gasteiger partial charge >= 0.3 is 0 Å². The van der Waals surface area contributed by atoms with Gasteiger partial charge in [0.15, 0.2) is 0 Å². The first-order valence-corrected chi connectivity index (χ1v) is 6.31. The lowest BCUT2D eigenvalue weighted by Gasteiger charge is -2.28. The molecule has 0 aliphatic heterocycles. The van der Waals surface area contributed by atoms with Crippen LogP contribution in [0.3, 0.4) is 0 Å². The number of aliphatic hydroxyl groups excluding tert-OH is 1. The average molecular weight is 251 g/mol. The molecule has 0 aromatic heterocycles. The molecule has 1 atom stereocenters. The van der Waals surface area contributed by atoms with Crippen molar-refractivity contribution in [1.29, 1.82) is 0 Å². The molecule has 1 unspecified atom stereocenters. The van der Waals surface area contributed by atoms with E-state index in [1.807, 2.05) is 31.2 Å². The fourth-order valence-electron chi connectivity index (χ4n) is 1.77. The van der Waals surface area contributed by atoms with Gasteiger partial charge in [0, 0.05) is 6.04 Å². The summed E-state index contributed by atoms with van der Waals surface area (Å²) in [4.78, 5) is 0. The Hall–Kier alpha value is -1.26. The monoisotopic (exact) mass is 251 g/mol. The Morgan fingerprint density at radius 3 is 2.39 bits per heavy atom. The molecule has 0 saturated heterocycles. The SMILES string of the molecule is COc1ccc(OCC(C)(CO)NC2CC2)cc1. The van der Waals surface area contributed by atoms with Crippen LogP contribution in [0.4, 0.5) is 0 Å². The van der Waals surface area contributed by atoms with Crippen LogP contribution in [-0.4, -0.2) is 37.0 Å². The first-order chi connectivity index (χ1) is 8.65. The van der Waals surface area contributed by atoms with Crippen LogP contribution in [0.2, 0.25) is 0 Å². The summed E-state index contributed by atoms with van der Waals surface area (Å²) in [5, 5.41) is 12.9. The topological polar surface area (TPSA) is 50.7 Å². The normalized spacial score (nSPS) is 18.2. The van der Waals surface area contributed by atoms with Crippen LogP contribution in [0.25, 0.3) is 0 Å². The lowest BCUT2D eigenvalue weighted by molar-refractivity contribution is 0.114. The van der Waals surface area contributed by atoms with E-state index in [1.165, 1.54) is 12.8 Å². The average Bonchev–Trinajstić information content (AvgIpc) is 3.21. The Morgan fingerprint density at radius 1 is 1.28 bits per heavy atom. The van der Waals surface area contributed by atoms with Crippen molar-refractivity contribution in [2.45, 2.75) is 31.3 Å². The van der Waals surface area contributed by atoms with E-state index in [0.29, 0.717) is 12.6 Å². The van der Waals surface area contributed by atoms with E-state index in [9.17, 15) is 5.11 Å². The van der Waals surface area contributed by atoms with Crippen LogP contribution in [0.5, 0.6) is 11.5 Å². The largest absolute Gasteiger partial charge is 0.497 e. The van der Waals surface area contributed by atoms with Crippen molar-refractivity contribution in [1.82, 2.24) is 5.32 Å². The van der Waals surface area contributed by atoms with E-state index in [2.05, 4.69) is 5.32 Å². The zero-order valence-corrected chi connectivity index (χ0v) is 11.0. The van der Waals surface area contributed by atoms with Gasteiger partial charge in [-0.1, -0.05) is 0 Å². The molecule has 18 heavy (non-hydrogen) atoms. The van der Waals surface area contributed by atoms with Gasteiger partial charge in [0.2, 0.25) is 0 Å². The zero-order valence-electron chi connectivity index (χ0n) is 11.0. The first-order valence-electron chi connectivity index (χ1n) is 6.31. The molecule has 4 nitrogen and oxygen atoms in total. The summed E-state index contributed by atoms with van der Waals surface area (Å²) in [6, 6.07) is 8.00. The highest BCUT2D eigenvalue weighted by molar-refractivity contribution is 5.31. The molecule has 2 N–H and O–H groups in total. The summed E-state index contributed by atoms with van der Waals surface area (Å²) >= 11 is 0. The molecule has 1 aliphatic rings. The lowest BCUT2D eigenvalue weighted by Crippen LogP contribution is -2.51. The smallest absolute Gasteiger partial charge is 0.119 e. The summed E-state index contributed by atoms with van der Waals surface area (Å²) in [6.45, 7) is 2.50. The maximum Gasteiger partial charge on any atom is 0.119 e. The zero-order chi connectivity index (χ0) is 13.0. The minimum absolute atomic E-state index is 0.0691. The van der Waals surface area contributed by atoms with Crippen molar-refractivity contribution >= 4 is 0 Å². The molecule has 0 radical (unpaired) electrons. The molecular weight excluding hydrogens is 230 g/mol. The quantitative estimate of drug-likeness (QED) is 0.772. The van der Waals surface area contributed by atoms with Gasteiger partial charge in [-0.3, -0.25) is 0 Å². The van der Waals surface area contributed by atoms with E-state index in [0.717, 1.165) is 11.5 Å². The van der Waals surface area contributed by atoms with E-state index >= 15 is 0 Å². The van der Waals surface area contributed by atoms with Gasteiger partial charge in [0.1, 0.15) is 18.1 Å². The molecule has 0 spiro atoms. The molecule has 0 bridgehead atoms. The van der Waals surface area contributed by atoms with E-state index in [4.69, 9.17) is 9.47 Å². The molecule has 1 aromatic rings. The number of rotatable bonds is 7. The van der Waals surface area contributed by atoms with Gasteiger partial charge in [-0.25, -0.2) is 0 Å².